The second kappa shape index (κ2) is 13.5. The summed E-state index contributed by atoms with van der Waals surface area (Å²) in [5, 5.41) is 8.52. The van der Waals surface area contributed by atoms with E-state index in [9.17, 15) is 19.2 Å². The van der Waals surface area contributed by atoms with E-state index in [0.717, 1.165) is 27.8 Å². The number of fused-ring (bicyclic) bond motifs is 1. The number of nitrogens with one attached hydrogen (secondary N) is 3. The SMILES string of the molecule is COc1ccc(C[C@H](NC(=O)[C@H](C)NC(=O)C2=C(C)c3ccccc3C2)C(=O)N[C@@H](Cc2ccccc2)C(=O)[C@]2(C)CO2)cc1. The van der Waals surface area contributed by atoms with E-state index in [1.165, 1.54) is 0 Å². The first-order valence-electron chi connectivity index (χ1n) is 15.1. The highest BCUT2D eigenvalue weighted by Crippen LogP contribution is 2.32. The Balaban J connectivity index is 1.31. The van der Waals surface area contributed by atoms with Crippen LogP contribution in [0.2, 0.25) is 0 Å². The predicted molar refractivity (Wildman–Crippen MR) is 170 cm³/mol. The van der Waals surface area contributed by atoms with Crippen LogP contribution < -0.4 is 20.7 Å². The lowest BCUT2D eigenvalue weighted by Gasteiger charge is -2.25. The van der Waals surface area contributed by atoms with Gasteiger partial charge in [0.2, 0.25) is 17.7 Å². The van der Waals surface area contributed by atoms with Crippen LogP contribution in [-0.2, 0) is 43.2 Å². The van der Waals surface area contributed by atoms with E-state index < -0.39 is 35.5 Å². The smallest absolute Gasteiger partial charge is 0.248 e. The van der Waals surface area contributed by atoms with Crippen molar-refractivity contribution in [3.63, 3.8) is 0 Å². The summed E-state index contributed by atoms with van der Waals surface area (Å²) in [6, 6.07) is 21.6. The largest absolute Gasteiger partial charge is 0.497 e. The number of ketones is 1. The monoisotopic (exact) mass is 609 g/mol. The van der Waals surface area contributed by atoms with Crippen LogP contribution in [0.5, 0.6) is 5.75 Å². The lowest BCUT2D eigenvalue weighted by atomic mass is 9.94. The molecule has 0 radical (unpaired) electrons. The molecule has 0 bridgehead atoms. The first-order valence-corrected chi connectivity index (χ1v) is 15.1. The molecular weight excluding hydrogens is 570 g/mol. The van der Waals surface area contributed by atoms with Crippen LogP contribution in [0, 0.1) is 0 Å². The fourth-order valence-electron chi connectivity index (χ4n) is 5.58. The maximum Gasteiger partial charge on any atom is 0.248 e. The highest BCUT2D eigenvalue weighted by atomic mass is 16.6. The van der Waals surface area contributed by atoms with Crippen LogP contribution in [0.1, 0.15) is 43.0 Å². The molecule has 0 spiro atoms. The molecule has 3 N–H and O–H groups in total. The fourth-order valence-corrected chi connectivity index (χ4v) is 5.58. The number of benzene rings is 3. The molecule has 1 fully saturated rings. The number of amides is 3. The molecular formula is C36H39N3O6. The Labute approximate surface area is 263 Å². The number of allylic oxidation sites excluding steroid dienone is 1. The van der Waals surface area contributed by atoms with E-state index in [1.54, 1.807) is 33.1 Å². The number of rotatable bonds is 13. The van der Waals surface area contributed by atoms with Gasteiger partial charge >= 0.3 is 0 Å². The van der Waals surface area contributed by atoms with Crippen molar-refractivity contribution in [2.45, 2.75) is 63.8 Å². The lowest BCUT2D eigenvalue weighted by molar-refractivity contribution is -0.133. The van der Waals surface area contributed by atoms with E-state index in [4.69, 9.17) is 9.47 Å². The topological polar surface area (TPSA) is 126 Å². The zero-order chi connectivity index (χ0) is 32.1. The highest BCUT2D eigenvalue weighted by molar-refractivity contribution is 6.05. The Morgan fingerprint density at radius 1 is 0.822 bits per heavy atom. The molecule has 2 aliphatic rings. The Bertz CT molecular complexity index is 1610. The van der Waals surface area contributed by atoms with Gasteiger partial charge in [0.1, 0.15) is 23.4 Å². The van der Waals surface area contributed by atoms with E-state index in [1.807, 2.05) is 73.7 Å². The van der Waals surface area contributed by atoms with Crippen molar-refractivity contribution < 1.29 is 28.7 Å². The van der Waals surface area contributed by atoms with Gasteiger partial charge in [-0.15, -0.1) is 0 Å². The highest BCUT2D eigenvalue weighted by Gasteiger charge is 2.50. The minimum atomic E-state index is -1.03. The van der Waals surface area contributed by atoms with Crippen molar-refractivity contribution in [1.29, 1.82) is 0 Å². The summed E-state index contributed by atoms with van der Waals surface area (Å²) in [6.45, 7) is 5.49. The van der Waals surface area contributed by atoms with Gasteiger partial charge in [0.25, 0.3) is 0 Å². The summed E-state index contributed by atoms with van der Waals surface area (Å²) in [7, 11) is 1.57. The second-order valence-corrected chi connectivity index (χ2v) is 11.9. The molecule has 0 saturated carbocycles. The number of epoxide rings is 1. The normalized spacial score (nSPS) is 18.7. The summed E-state index contributed by atoms with van der Waals surface area (Å²) in [6.07, 6.45) is 0.919. The third-order valence-electron chi connectivity index (χ3n) is 8.50. The van der Waals surface area contributed by atoms with Gasteiger partial charge < -0.3 is 25.4 Å². The van der Waals surface area contributed by atoms with Gasteiger partial charge in [-0.1, -0.05) is 66.7 Å². The third-order valence-corrected chi connectivity index (χ3v) is 8.50. The van der Waals surface area contributed by atoms with E-state index in [2.05, 4.69) is 16.0 Å². The van der Waals surface area contributed by atoms with Crippen LogP contribution in [0.25, 0.3) is 5.57 Å². The number of ether oxygens (including phenoxy) is 2. The molecule has 0 unspecified atom stereocenters. The number of methoxy groups -OCH3 is 1. The van der Waals surface area contributed by atoms with Gasteiger partial charge in [-0.3, -0.25) is 19.2 Å². The van der Waals surface area contributed by atoms with E-state index >= 15 is 0 Å². The molecule has 3 aromatic carbocycles. The maximum atomic E-state index is 13.8. The molecule has 3 amide bonds. The summed E-state index contributed by atoms with van der Waals surface area (Å²) < 4.78 is 10.7. The van der Waals surface area contributed by atoms with Crippen molar-refractivity contribution >= 4 is 29.1 Å². The van der Waals surface area contributed by atoms with Crippen molar-refractivity contribution in [3.05, 3.63) is 107 Å². The van der Waals surface area contributed by atoms with Crippen molar-refractivity contribution in [2.75, 3.05) is 13.7 Å². The molecule has 5 rings (SSSR count). The lowest BCUT2D eigenvalue weighted by Crippen LogP contribution is -2.57. The standard InChI is InChI=1S/C36H39N3O6/c1-22-28-13-9-8-12-26(28)20-29(22)34(42)37-23(2)33(41)39-31(19-25-14-16-27(44-4)17-15-25)35(43)38-30(32(40)36(3)21-45-36)18-24-10-6-5-7-11-24/h5-17,23,30-31H,18-21H2,1-4H3,(H,37,42)(H,38,43)(H,39,41)/t23-,30-,31-,36-/m0/s1. The first kappa shape index (κ1) is 31.7. The van der Waals surface area contributed by atoms with Crippen molar-refractivity contribution in [3.8, 4) is 5.75 Å². The number of hydrogen-bond acceptors (Lipinski definition) is 6. The van der Waals surface area contributed by atoms with Gasteiger partial charge in [-0.2, -0.15) is 0 Å². The molecule has 9 nitrogen and oxygen atoms in total. The average Bonchev–Trinajstić information content (AvgIpc) is 3.72. The summed E-state index contributed by atoms with van der Waals surface area (Å²) >= 11 is 0. The van der Waals surface area contributed by atoms with Gasteiger partial charge in [0.05, 0.1) is 19.8 Å². The Hall–Kier alpha value is -4.76. The van der Waals surface area contributed by atoms with Crippen LogP contribution in [0.3, 0.4) is 0 Å². The average molecular weight is 610 g/mol. The number of carbonyl (C=O) groups excluding carboxylic acids is 4. The van der Waals surface area contributed by atoms with Gasteiger partial charge in [-0.05, 0) is 67.2 Å². The fraction of sp³-hybridized carbons (Fsp3) is 0.333. The van der Waals surface area contributed by atoms with Crippen molar-refractivity contribution in [2.24, 2.45) is 0 Å². The summed E-state index contributed by atoms with van der Waals surface area (Å²) in [5.41, 5.74) is 4.30. The molecule has 1 aliphatic heterocycles. The Kier molecular flexibility index (Phi) is 9.48. The first-order chi connectivity index (χ1) is 21.6. The van der Waals surface area contributed by atoms with E-state index in [-0.39, 0.29) is 31.1 Å². The molecule has 1 aliphatic carbocycles. The Morgan fingerprint density at radius 3 is 2.07 bits per heavy atom. The van der Waals surface area contributed by atoms with Crippen LogP contribution >= 0.6 is 0 Å². The number of carbonyl (C=O) groups is 4. The molecule has 3 aromatic rings. The second-order valence-electron chi connectivity index (χ2n) is 11.9. The van der Waals surface area contributed by atoms with Crippen LogP contribution in [0.15, 0.2) is 84.4 Å². The van der Waals surface area contributed by atoms with Gasteiger partial charge in [0, 0.05) is 18.4 Å². The molecule has 4 atom stereocenters. The van der Waals surface area contributed by atoms with Crippen LogP contribution in [-0.4, -0.2) is 60.9 Å². The summed E-state index contributed by atoms with van der Waals surface area (Å²) in [4.78, 5) is 53.9. The predicted octanol–water partition coefficient (Wildman–Crippen LogP) is 3.34. The minimum absolute atomic E-state index is 0.155. The molecule has 45 heavy (non-hydrogen) atoms. The van der Waals surface area contributed by atoms with Crippen molar-refractivity contribution in [1.82, 2.24) is 16.0 Å². The minimum Gasteiger partial charge on any atom is -0.497 e. The zero-order valence-electron chi connectivity index (χ0n) is 26.0. The molecule has 0 aromatic heterocycles. The Morgan fingerprint density at radius 2 is 1.42 bits per heavy atom. The van der Waals surface area contributed by atoms with E-state index in [0.29, 0.717) is 17.7 Å². The third kappa shape index (κ3) is 7.49. The molecule has 9 heteroatoms. The van der Waals surface area contributed by atoms with Gasteiger partial charge in [-0.25, -0.2) is 0 Å². The zero-order valence-corrected chi connectivity index (χ0v) is 26.0. The number of hydrogen-bond donors (Lipinski definition) is 3. The van der Waals surface area contributed by atoms with Crippen LogP contribution in [0.4, 0.5) is 0 Å². The maximum absolute atomic E-state index is 13.8. The molecule has 1 saturated heterocycles. The quantitative estimate of drug-likeness (QED) is 0.255. The summed E-state index contributed by atoms with van der Waals surface area (Å²) in [5.74, 6) is -0.926. The molecule has 234 valence electrons. The molecule has 1 heterocycles. The number of Topliss-reactive ketones (excluding diaryl/α,β-unsaturated/α-hetero) is 1. The van der Waals surface area contributed by atoms with Gasteiger partial charge in [0.15, 0.2) is 5.78 Å².